The molecule has 6 aromatic carbocycles. The third-order valence-corrected chi connectivity index (χ3v) is 12.5. The lowest BCUT2D eigenvalue weighted by Gasteiger charge is -2.32. The van der Waals surface area contributed by atoms with Crippen LogP contribution in [0.15, 0.2) is 182 Å². The molecule has 0 bridgehead atoms. The van der Waals surface area contributed by atoms with Crippen LogP contribution in [0.5, 0.6) is 0 Å². The molecule has 10 rings (SSSR count). The lowest BCUT2D eigenvalue weighted by atomic mass is 9.76. The molecule has 2 aliphatic carbocycles. The van der Waals surface area contributed by atoms with Gasteiger partial charge < -0.3 is 14.9 Å². The Labute approximate surface area is 340 Å². The molecule has 5 nitrogen and oxygen atoms in total. The van der Waals surface area contributed by atoms with Gasteiger partial charge in [-0.15, -0.1) is 0 Å². The molecule has 0 saturated heterocycles. The second-order valence-electron chi connectivity index (χ2n) is 16.3. The number of rotatable bonds is 10. The Morgan fingerprint density at radius 2 is 1.36 bits per heavy atom. The van der Waals surface area contributed by atoms with Crippen molar-refractivity contribution in [3.63, 3.8) is 0 Å². The molecular weight excluding hydrogens is 707 g/mol. The second-order valence-corrected chi connectivity index (χ2v) is 16.3. The first-order chi connectivity index (χ1) is 28.4. The summed E-state index contributed by atoms with van der Waals surface area (Å²) in [6.07, 6.45) is 13.2. The Kier molecular flexibility index (Phi) is 9.30. The van der Waals surface area contributed by atoms with Gasteiger partial charge in [0.1, 0.15) is 0 Å². The molecule has 4 atom stereocenters. The molecule has 8 aromatic rings. The minimum atomic E-state index is -0.310. The number of nitrogens with zero attached hydrogens (tertiary/aromatic N) is 2. The van der Waals surface area contributed by atoms with Crippen LogP contribution in [0.25, 0.3) is 50.2 Å². The van der Waals surface area contributed by atoms with Crippen molar-refractivity contribution in [1.29, 1.82) is 0 Å². The monoisotopic (exact) mass is 755 g/mol. The molecule has 58 heavy (non-hydrogen) atoms. The van der Waals surface area contributed by atoms with E-state index in [-0.39, 0.29) is 17.7 Å². The SMILES string of the molecule is CC1CC=Cc2c1c1cc3c4ccccc4n(-c4ccc(C5(C)C=CC(C(NCc6ccccc6)NC(N)c6ccccc6)=CC5)cc4)c3cc1n2-c1ccccc1. The highest BCUT2D eigenvalue weighted by Crippen LogP contribution is 2.44. The van der Waals surface area contributed by atoms with E-state index >= 15 is 0 Å². The van der Waals surface area contributed by atoms with Gasteiger partial charge in [-0.2, -0.15) is 0 Å². The molecule has 2 heterocycles. The number of allylic oxidation sites excluding steroid dienone is 3. The quantitative estimate of drug-likeness (QED) is 0.122. The van der Waals surface area contributed by atoms with Gasteiger partial charge in [-0.05, 0) is 95.1 Å². The van der Waals surface area contributed by atoms with E-state index in [2.05, 4.69) is 197 Å². The van der Waals surface area contributed by atoms with Gasteiger partial charge in [-0.25, -0.2) is 0 Å². The third kappa shape index (κ3) is 6.42. The highest BCUT2D eigenvalue weighted by atomic mass is 15.2. The number of fused-ring (bicyclic) bond motifs is 6. The highest BCUT2D eigenvalue weighted by Gasteiger charge is 2.29. The van der Waals surface area contributed by atoms with E-state index < -0.39 is 0 Å². The van der Waals surface area contributed by atoms with Crippen molar-refractivity contribution in [3.8, 4) is 11.4 Å². The third-order valence-electron chi connectivity index (χ3n) is 12.5. The van der Waals surface area contributed by atoms with Gasteiger partial charge in [-0.1, -0.05) is 147 Å². The fraction of sp³-hybridized carbons (Fsp3) is 0.170. The van der Waals surface area contributed by atoms with E-state index in [4.69, 9.17) is 5.73 Å². The van der Waals surface area contributed by atoms with Crippen molar-refractivity contribution >= 4 is 38.8 Å². The van der Waals surface area contributed by atoms with Crippen LogP contribution in [0.4, 0.5) is 0 Å². The summed E-state index contributed by atoms with van der Waals surface area (Å²) >= 11 is 0. The zero-order valence-corrected chi connectivity index (χ0v) is 33.1. The summed E-state index contributed by atoms with van der Waals surface area (Å²) in [6, 6.07) is 54.6. The van der Waals surface area contributed by atoms with Crippen molar-refractivity contribution in [2.45, 2.75) is 56.9 Å². The zero-order valence-electron chi connectivity index (χ0n) is 33.1. The van der Waals surface area contributed by atoms with Crippen LogP contribution in [0.2, 0.25) is 0 Å². The standard InChI is InChI=1S/C53H49N5/c1-36-15-14-24-47-50(36)45-33-44-43-22-12-13-23-46(43)57(48(44)34-49(45)58(47)41-20-10-5-11-21-41)42-27-25-40(26-28-42)53(2)31-29-39(30-32-53)52(55-35-37-16-6-3-7-17-37)56-51(54)38-18-8-4-9-19-38/h3-14,16-31,33-34,36,51-52,55-56H,15,32,35,54H2,1-2H3. The minimum absolute atomic E-state index is 0.117. The number of hydrogen-bond donors (Lipinski definition) is 3. The van der Waals surface area contributed by atoms with Crippen LogP contribution >= 0.6 is 0 Å². The van der Waals surface area contributed by atoms with Crippen molar-refractivity contribution in [1.82, 2.24) is 19.8 Å². The van der Waals surface area contributed by atoms with Crippen molar-refractivity contribution in [2.75, 3.05) is 0 Å². The Hall–Kier alpha value is -6.24. The van der Waals surface area contributed by atoms with Gasteiger partial charge in [-0.3, -0.25) is 10.6 Å². The van der Waals surface area contributed by atoms with Crippen LogP contribution in [-0.2, 0) is 12.0 Å². The van der Waals surface area contributed by atoms with E-state index in [1.54, 1.807) is 0 Å². The largest absolute Gasteiger partial charge is 0.312 e. The lowest BCUT2D eigenvalue weighted by molar-refractivity contribution is 0.416. The van der Waals surface area contributed by atoms with E-state index in [9.17, 15) is 0 Å². The van der Waals surface area contributed by atoms with Crippen LogP contribution in [0.1, 0.15) is 66.7 Å². The summed E-state index contributed by atoms with van der Waals surface area (Å²) in [5, 5.41) is 11.3. The number of para-hydroxylation sites is 2. The van der Waals surface area contributed by atoms with Gasteiger partial charge in [0, 0.05) is 45.2 Å². The molecule has 4 unspecified atom stereocenters. The maximum Gasteiger partial charge on any atom is 0.0849 e. The number of hydrogen-bond acceptors (Lipinski definition) is 3. The number of benzene rings is 6. The molecule has 0 spiro atoms. The summed E-state index contributed by atoms with van der Waals surface area (Å²) in [5.41, 5.74) is 20.1. The topological polar surface area (TPSA) is 59.9 Å². The molecule has 0 aliphatic heterocycles. The van der Waals surface area contributed by atoms with Gasteiger partial charge in [0.2, 0.25) is 0 Å². The first kappa shape index (κ1) is 36.1. The van der Waals surface area contributed by atoms with Crippen molar-refractivity contribution in [3.05, 3.63) is 209 Å². The summed E-state index contributed by atoms with van der Waals surface area (Å²) in [7, 11) is 0. The summed E-state index contributed by atoms with van der Waals surface area (Å²) in [5.74, 6) is 0.450. The Bertz CT molecular complexity index is 2840. The van der Waals surface area contributed by atoms with Gasteiger partial charge >= 0.3 is 0 Å². The lowest BCUT2D eigenvalue weighted by Crippen LogP contribution is -2.47. The average molecular weight is 756 g/mol. The normalized spacial score (nSPS) is 18.7. The first-order valence-corrected chi connectivity index (χ1v) is 20.6. The minimum Gasteiger partial charge on any atom is -0.312 e. The summed E-state index contributed by atoms with van der Waals surface area (Å²) in [4.78, 5) is 0. The van der Waals surface area contributed by atoms with Crippen LogP contribution in [-0.4, -0.2) is 15.3 Å². The summed E-state index contributed by atoms with van der Waals surface area (Å²) < 4.78 is 4.92. The first-order valence-electron chi connectivity index (χ1n) is 20.6. The van der Waals surface area contributed by atoms with Gasteiger partial charge in [0.05, 0.1) is 28.9 Å². The number of nitrogens with two attached hydrogens (primary N) is 1. The maximum absolute atomic E-state index is 6.72. The number of nitrogens with one attached hydrogen (secondary N) is 2. The molecule has 5 heteroatoms. The Morgan fingerprint density at radius 3 is 2.10 bits per heavy atom. The Balaban J connectivity index is 0.990. The predicted molar refractivity (Wildman–Crippen MR) is 242 cm³/mol. The molecular formula is C53H49N5. The second kappa shape index (κ2) is 14.9. The van der Waals surface area contributed by atoms with Gasteiger partial charge in [0.15, 0.2) is 0 Å². The molecule has 2 aromatic heterocycles. The molecule has 286 valence electrons. The fourth-order valence-electron chi connectivity index (χ4n) is 9.30. The maximum atomic E-state index is 6.72. The highest BCUT2D eigenvalue weighted by molar-refractivity contribution is 6.14. The van der Waals surface area contributed by atoms with Gasteiger partial charge in [0.25, 0.3) is 0 Å². The predicted octanol–water partition coefficient (Wildman–Crippen LogP) is 11.8. The molecule has 0 radical (unpaired) electrons. The summed E-state index contributed by atoms with van der Waals surface area (Å²) in [6.45, 7) is 5.44. The molecule has 2 aliphatic rings. The average Bonchev–Trinajstić information content (AvgIpc) is 3.78. The van der Waals surface area contributed by atoms with E-state index in [1.165, 1.54) is 66.4 Å². The molecule has 4 N–H and O–H groups in total. The number of aromatic nitrogens is 2. The Morgan fingerprint density at radius 1 is 0.690 bits per heavy atom. The fourth-order valence-corrected chi connectivity index (χ4v) is 9.30. The van der Waals surface area contributed by atoms with Crippen LogP contribution < -0.4 is 16.4 Å². The van der Waals surface area contributed by atoms with Crippen LogP contribution in [0.3, 0.4) is 0 Å². The van der Waals surface area contributed by atoms with Crippen LogP contribution in [0, 0.1) is 0 Å². The smallest absolute Gasteiger partial charge is 0.0849 e. The molecule has 0 amide bonds. The molecule has 0 fully saturated rings. The van der Waals surface area contributed by atoms with E-state index in [0.29, 0.717) is 5.92 Å². The van der Waals surface area contributed by atoms with Crippen molar-refractivity contribution in [2.24, 2.45) is 5.73 Å². The molecule has 0 saturated carbocycles. The van der Waals surface area contributed by atoms with Crippen molar-refractivity contribution < 1.29 is 0 Å². The zero-order chi connectivity index (χ0) is 39.2. The van der Waals surface area contributed by atoms with E-state index in [0.717, 1.165) is 30.6 Å². The van der Waals surface area contributed by atoms with E-state index in [1.807, 2.05) is 18.2 Å².